The summed E-state index contributed by atoms with van der Waals surface area (Å²) in [6, 6.07) is 0.849. The molecule has 0 amide bonds. The predicted molar refractivity (Wildman–Crippen MR) is 130 cm³/mol. The normalized spacial score (nSPS) is 12.9. The molecule has 0 N–H and O–H groups in total. The van der Waals surface area contributed by atoms with Crippen molar-refractivity contribution in [2.24, 2.45) is 0 Å². The number of rotatable bonds is 12. The van der Waals surface area contributed by atoms with E-state index < -0.39 is 35.5 Å². The number of carbonyl (C=O) groups excluding carboxylic acids is 1. The average molecular weight is 556 g/mol. The fraction of sp³-hybridized carbons (Fsp3) is 0.650. The lowest BCUT2D eigenvalue weighted by molar-refractivity contribution is -0.0501. The first kappa shape index (κ1) is 29.8. The number of ether oxygens (including phenoxy) is 2. The lowest BCUT2D eigenvalue weighted by atomic mass is 10.2. The first-order chi connectivity index (χ1) is 16.5. The fourth-order valence-corrected chi connectivity index (χ4v) is 4.16. The number of halogens is 3. The van der Waals surface area contributed by atoms with Gasteiger partial charge in [0.2, 0.25) is 0 Å². The van der Waals surface area contributed by atoms with Crippen molar-refractivity contribution in [3.63, 3.8) is 0 Å². The van der Waals surface area contributed by atoms with Gasteiger partial charge in [-0.15, -0.1) is 0 Å². The molecule has 0 aliphatic carbocycles. The van der Waals surface area contributed by atoms with Gasteiger partial charge in [0, 0.05) is 34.8 Å². The second-order valence-electron chi connectivity index (χ2n) is 9.57. The van der Waals surface area contributed by atoms with Gasteiger partial charge in [-0.3, -0.25) is 0 Å². The average Bonchev–Trinajstić information content (AvgIpc) is 3.16. The molecule has 0 aromatic carbocycles. The van der Waals surface area contributed by atoms with Crippen molar-refractivity contribution in [2.45, 2.75) is 37.9 Å². The zero-order valence-corrected chi connectivity index (χ0v) is 23.2. The van der Waals surface area contributed by atoms with Crippen molar-refractivity contribution in [2.75, 3.05) is 52.8 Å². The van der Waals surface area contributed by atoms with E-state index in [9.17, 15) is 26.4 Å². The van der Waals surface area contributed by atoms with Gasteiger partial charge in [-0.05, 0) is 20.1 Å². The van der Waals surface area contributed by atoms with Gasteiger partial charge in [0.15, 0.2) is 5.52 Å². The van der Waals surface area contributed by atoms with Crippen molar-refractivity contribution < 1.29 is 40.0 Å². The van der Waals surface area contributed by atoms with E-state index in [0.717, 1.165) is 13.2 Å². The smallest absolute Gasteiger partial charge is 0.465 e. The van der Waals surface area contributed by atoms with Gasteiger partial charge in [-0.25, -0.2) is 9.78 Å². The third kappa shape index (κ3) is 7.30. The van der Waals surface area contributed by atoms with E-state index in [1.807, 2.05) is 19.0 Å². The van der Waals surface area contributed by atoms with Gasteiger partial charge in [-0.1, -0.05) is 19.6 Å². The van der Waals surface area contributed by atoms with Crippen LogP contribution in [0, 0.1) is 0 Å². The van der Waals surface area contributed by atoms with Gasteiger partial charge >= 0.3 is 21.6 Å². The highest BCUT2D eigenvalue weighted by molar-refractivity contribution is 7.88. The number of alkyl halides is 3. The van der Waals surface area contributed by atoms with Crippen LogP contribution in [0.2, 0.25) is 25.7 Å². The molecule has 0 unspecified atom stereocenters. The van der Waals surface area contributed by atoms with Crippen LogP contribution in [0.3, 0.4) is 0 Å². The maximum absolute atomic E-state index is 13.1. The van der Waals surface area contributed by atoms with E-state index in [-0.39, 0.29) is 29.1 Å². The Bertz CT molecular complexity index is 1180. The highest BCUT2D eigenvalue weighted by Crippen LogP contribution is 2.36. The summed E-state index contributed by atoms with van der Waals surface area (Å²) in [5.74, 6) is -1.89. The molecule has 0 atom stereocenters. The summed E-state index contributed by atoms with van der Waals surface area (Å²) in [7, 11) is -1.15. The van der Waals surface area contributed by atoms with Crippen LogP contribution in [0.25, 0.3) is 11.0 Å². The molecule has 0 fully saturated rings. The van der Waals surface area contributed by atoms with Crippen molar-refractivity contribution >= 4 is 41.0 Å². The molecular formula is C20H32F3N5O6SSi. The summed E-state index contributed by atoms with van der Waals surface area (Å²) in [6.07, 6.45) is 1.21. The largest absolute Gasteiger partial charge is 0.534 e. The molecule has 0 bridgehead atoms. The number of methoxy groups -OCH3 is 1. The van der Waals surface area contributed by atoms with Gasteiger partial charge < -0.3 is 28.0 Å². The summed E-state index contributed by atoms with van der Waals surface area (Å²) in [6.45, 7) is 7.62. The maximum atomic E-state index is 13.1. The van der Waals surface area contributed by atoms with Crippen molar-refractivity contribution in [3.05, 3.63) is 11.9 Å². The number of hydrogen-bond donors (Lipinski definition) is 0. The summed E-state index contributed by atoms with van der Waals surface area (Å²) < 4.78 is 79.3. The third-order valence-corrected chi connectivity index (χ3v) is 7.69. The molecule has 0 radical (unpaired) electrons. The van der Waals surface area contributed by atoms with Gasteiger partial charge in [0.25, 0.3) is 5.88 Å². The zero-order valence-electron chi connectivity index (χ0n) is 21.3. The first-order valence-corrected chi connectivity index (χ1v) is 16.0. The highest BCUT2D eigenvalue weighted by Gasteiger charge is 2.49. The number of anilines is 1. The summed E-state index contributed by atoms with van der Waals surface area (Å²) in [4.78, 5) is 24.2. The van der Waals surface area contributed by atoms with Crippen LogP contribution in [0.4, 0.5) is 19.0 Å². The number of aromatic nitrogens is 3. The minimum Gasteiger partial charge on any atom is -0.465 e. The van der Waals surface area contributed by atoms with Crippen LogP contribution >= 0.6 is 0 Å². The van der Waals surface area contributed by atoms with E-state index >= 15 is 0 Å². The topological polar surface area (TPSA) is 116 Å². The number of fused-ring (bicyclic) bond motifs is 1. The Morgan fingerprint density at radius 3 is 2.33 bits per heavy atom. The third-order valence-electron chi connectivity index (χ3n) is 5.04. The fourth-order valence-electron chi connectivity index (χ4n) is 2.98. The lowest BCUT2D eigenvalue weighted by Gasteiger charge is -2.24. The zero-order chi connectivity index (χ0) is 27.5. The number of esters is 1. The highest BCUT2D eigenvalue weighted by atomic mass is 32.2. The number of hydrogen-bond acceptors (Lipinski definition) is 10. The van der Waals surface area contributed by atoms with Crippen LogP contribution in [0.1, 0.15) is 10.4 Å². The minimum atomic E-state index is -6.06. The van der Waals surface area contributed by atoms with Gasteiger partial charge in [0.1, 0.15) is 18.1 Å². The molecule has 2 heterocycles. The summed E-state index contributed by atoms with van der Waals surface area (Å²) in [5.41, 5.74) is -6.19. The molecule has 2 aromatic rings. The monoisotopic (exact) mass is 555 g/mol. The molecule has 36 heavy (non-hydrogen) atoms. The molecule has 16 heteroatoms. The molecule has 2 rings (SSSR count). The number of pyridine rings is 1. The van der Waals surface area contributed by atoms with Crippen LogP contribution < -0.4 is 9.08 Å². The molecule has 0 saturated carbocycles. The van der Waals surface area contributed by atoms with E-state index in [4.69, 9.17) is 9.47 Å². The Balaban J connectivity index is 2.70. The van der Waals surface area contributed by atoms with E-state index in [0.29, 0.717) is 19.7 Å². The summed E-state index contributed by atoms with van der Waals surface area (Å²) in [5, 5.41) is 0. The molecule has 0 aliphatic heterocycles. The van der Waals surface area contributed by atoms with Crippen molar-refractivity contribution in [3.8, 4) is 5.88 Å². The number of carbonyl (C=O) groups is 1. The number of imidazole rings is 1. The predicted octanol–water partition coefficient (Wildman–Crippen LogP) is 2.76. The lowest BCUT2D eigenvalue weighted by Crippen LogP contribution is -2.31. The second kappa shape index (κ2) is 11.3. The standard InChI is InChI=1S/C20H32F3N5O6SSi/c1-26(2)8-9-27(3)17-14(19(29)32-4)16-15(18(25-17)34-35(30,31)20(21,22)23)24-12-28(16)13-33-10-11-36(5,6)7/h12H,8-11,13H2,1-7H3. The molecule has 0 spiro atoms. The van der Waals surface area contributed by atoms with Crippen molar-refractivity contribution in [1.82, 2.24) is 19.4 Å². The Labute approximate surface area is 209 Å². The van der Waals surface area contributed by atoms with Gasteiger partial charge in [-0.2, -0.15) is 26.6 Å². The molecule has 204 valence electrons. The quantitative estimate of drug-likeness (QED) is 0.127. The van der Waals surface area contributed by atoms with Crippen molar-refractivity contribution in [1.29, 1.82) is 0 Å². The van der Waals surface area contributed by atoms with Crippen LogP contribution in [0.5, 0.6) is 5.88 Å². The minimum absolute atomic E-state index is 0.0241. The first-order valence-electron chi connectivity index (χ1n) is 10.9. The van der Waals surface area contributed by atoms with E-state index in [1.54, 1.807) is 7.05 Å². The second-order valence-corrected chi connectivity index (χ2v) is 16.7. The number of likely N-dealkylation sites (N-methyl/N-ethyl adjacent to an activating group) is 2. The molecule has 11 nitrogen and oxygen atoms in total. The molecule has 0 saturated heterocycles. The SMILES string of the molecule is COC(=O)c1c(N(C)CCN(C)C)nc(OS(=O)(=O)C(F)(F)F)c2ncn(COCC[Si](C)(C)C)c12. The van der Waals surface area contributed by atoms with E-state index in [1.165, 1.54) is 15.8 Å². The maximum Gasteiger partial charge on any atom is 0.534 e. The van der Waals surface area contributed by atoms with E-state index in [2.05, 4.69) is 33.8 Å². The summed E-state index contributed by atoms with van der Waals surface area (Å²) >= 11 is 0. The van der Waals surface area contributed by atoms with Crippen LogP contribution in [0.15, 0.2) is 6.33 Å². The van der Waals surface area contributed by atoms with Crippen LogP contribution in [-0.4, -0.2) is 95.4 Å². The molecule has 0 aliphatic rings. The Morgan fingerprint density at radius 1 is 1.17 bits per heavy atom. The van der Waals surface area contributed by atoms with Gasteiger partial charge in [0.05, 0.1) is 19.0 Å². The molecule has 2 aromatic heterocycles. The Morgan fingerprint density at radius 2 is 1.81 bits per heavy atom. The molecular weight excluding hydrogens is 523 g/mol. The van der Waals surface area contributed by atoms with Crippen LogP contribution in [-0.2, 0) is 26.3 Å². The Kier molecular flexibility index (Phi) is 9.36. The number of nitrogens with zero attached hydrogens (tertiary/aromatic N) is 5. The Hall–Kier alpha value is -2.43.